The molecule has 0 unspecified atom stereocenters. The molecule has 4 fully saturated rings. The molecule has 60 heavy (non-hydrogen) atoms. The summed E-state index contributed by atoms with van der Waals surface area (Å²) < 4.78 is 7.07. The lowest BCUT2D eigenvalue weighted by molar-refractivity contribution is -0.00938. The van der Waals surface area contributed by atoms with Crippen molar-refractivity contribution in [2.24, 2.45) is 17.8 Å². The van der Waals surface area contributed by atoms with Crippen molar-refractivity contribution in [2.75, 3.05) is 0 Å². The molecule has 0 radical (unpaired) electrons. The maximum atomic E-state index is 7.07. The highest BCUT2D eigenvalue weighted by Gasteiger charge is 2.54. The molecular weight excluding hydrogens is 731 g/mol. The summed E-state index contributed by atoms with van der Waals surface area (Å²) in [4.78, 5) is 16.3. The Morgan fingerprint density at radius 2 is 0.883 bits per heavy atom. The molecule has 4 nitrogen and oxygen atoms in total. The number of benzene rings is 7. The zero-order chi connectivity index (χ0) is 39.4. The molecule has 8 aromatic rings. The monoisotopic (exact) mass is 773 g/mol. The van der Waals surface area contributed by atoms with E-state index in [0.29, 0.717) is 0 Å². The van der Waals surface area contributed by atoms with Crippen LogP contribution in [0, 0.1) is 17.8 Å². The van der Waals surface area contributed by atoms with Crippen LogP contribution < -0.4 is 4.74 Å². The van der Waals surface area contributed by atoms with Crippen molar-refractivity contribution in [3.05, 3.63) is 198 Å². The standard InChI is InChI=1S/C56H43N3O/c1-2-13-38(14-3-1)39-15-10-17-41(30-39)52-57-53(59-54(58-52)55-32-35-27-36(33-55)29-37(28-35)34-55)42-18-11-16-40(31-42)43-21-12-25-49-51(43)60-50-26-9-8-24-48(50)56(49)46-22-6-4-19-44(46)45-20-5-7-23-47(45)56/h1-26,30-31,35-37H,27-29,32-34H2. The Labute approximate surface area is 351 Å². The van der Waals surface area contributed by atoms with Gasteiger partial charge in [0.05, 0.1) is 5.41 Å². The number of aromatic nitrogens is 3. The second kappa shape index (κ2) is 12.9. The fourth-order valence-corrected chi connectivity index (χ4v) is 12.7. The quantitative estimate of drug-likeness (QED) is 0.175. The van der Waals surface area contributed by atoms with Gasteiger partial charge in [-0.2, -0.15) is 0 Å². The van der Waals surface area contributed by atoms with E-state index in [0.717, 1.165) is 80.1 Å². The van der Waals surface area contributed by atoms with E-state index in [4.69, 9.17) is 19.7 Å². The number of ether oxygens (including phenoxy) is 1. The predicted molar refractivity (Wildman–Crippen MR) is 239 cm³/mol. The normalized spacial score (nSPS) is 22.1. The second-order valence-electron chi connectivity index (χ2n) is 18.2. The van der Waals surface area contributed by atoms with Gasteiger partial charge in [-0.25, -0.2) is 15.0 Å². The van der Waals surface area contributed by atoms with E-state index in [1.54, 1.807) is 0 Å². The Hall–Kier alpha value is -6.65. The van der Waals surface area contributed by atoms with Gasteiger partial charge in [-0.1, -0.05) is 152 Å². The van der Waals surface area contributed by atoms with Gasteiger partial charge in [0.1, 0.15) is 17.3 Å². The molecule has 1 spiro atoms. The van der Waals surface area contributed by atoms with Gasteiger partial charge in [0.15, 0.2) is 11.6 Å². The molecule has 14 rings (SSSR count). The van der Waals surface area contributed by atoms with E-state index in [-0.39, 0.29) is 5.41 Å². The Bertz CT molecular complexity index is 2940. The fraction of sp³-hybridized carbons (Fsp3) is 0.196. The number of para-hydroxylation sites is 2. The van der Waals surface area contributed by atoms with Crippen molar-refractivity contribution < 1.29 is 4.74 Å². The van der Waals surface area contributed by atoms with Gasteiger partial charge in [0.25, 0.3) is 0 Å². The van der Waals surface area contributed by atoms with Crippen LogP contribution in [0.5, 0.6) is 11.5 Å². The maximum absolute atomic E-state index is 7.07. The number of fused-ring (bicyclic) bond motifs is 9. The highest BCUT2D eigenvalue weighted by molar-refractivity contribution is 5.90. The molecule has 4 bridgehead atoms. The lowest BCUT2D eigenvalue weighted by Gasteiger charge is -2.56. The Morgan fingerprint density at radius 3 is 1.55 bits per heavy atom. The van der Waals surface area contributed by atoms with Crippen LogP contribution in [0.1, 0.15) is 66.6 Å². The van der Waals surface area contributed by atoms with Gasteiger partial charge in [-0.05, 0) is 113 Å². The summed E-state index contributed by atoms with van der Waals surface area (Å²) in [6.45, 7) is 0. The highest BCUT2D eigenvalue weighted by atomic mass is 16.5. The first-order valence-electron chi connectivity index (χ1n) is 21.8. The van der Waals surface area contributed by atoms with Crippen molar-refractivity contribution in [2.45, 2.75) is 49.4 Å². The van der Waals surface area contributed by atoms with E-state index < -0.39 is 5.41 Å². The average Bonchev–Trinajstić information content (AvgIpc) is 3.59. The third kappa shape index (κ3) is 5.00. The lowest BCUT2D eigenvalue weighted by Crippen LogP contribution is -2.49. The van der Waals surface area contributed by atoms with E-state index in [9.17, 15) is 0 Å². The van der Waals surface area contributed by atoms with Gasteiger partial charge in [-0.3, -0.25) is 0 Å². The van der Waals surface area contributed by atoms with E-state index in [2.05, 4.69) is 170 Å². The number of rotatable bonds is 5. The van der Waals surface area contributed by atoms with E-state index in [1.807, 2.05) is 0 Å². The summed E-state index contributed by atoms with van der Waals surface area (Å²) in [5.41, 5.74) is 13.4. The van der Waals surface area contributed by atoms with Crippen LogP contribution in [0.3, 0.4) is 0 Å². The molecule has 0 N–H and O–H groups in total. The van der Waals surface area contributed by atoms with Crippen LogP contribution in [0.25, 0.3) is 56.2 Å². The van der Waals surface area contributed by atoms with E-state index in [1.165, 1.54) is 71.9 Å². The van der Waals surface area contributed by atoms with Gasteiger partial charge in [0.2, 0.25) is 0 Å². The van der Waals surface area contributed by atoms with Crippen LogP contribution in [-0.4, -0.2) is 15.0 Å². The van der Waals surface area contributed by atoms with Crippen molar-refractivity contribution in [3.8, 4) is 67.7 Å². The Morgan fingerprint density at radius 1 is 0.400 bits per heavy atom. The van der Waals surface area contributed by atoms with E-state index >= 15 is 0 Å². The maximum Gasteiger partial charge on any atom is 0.163 e. The SMILES string of the molecule is c1ccc(-c2cccc(-c3nc(-c4cccc(-c5cccc6c5Oc5ccccc5C65c6ccccc6-c6ccccc65)c4)nc(C45CC6CC(CC(C6)C4)C5)n3)c2)cc1. The predicted octanol–water partition coefficient (Wildman–Crippen LogP) is 13.5. The van der Waals surface area contributed by atoms with Gasteiger partial charge in [0, 0.05) is 33.2 Å². The van der Waals surface area contributed by atoms with Crippen LogP contribution in [-0.2, 0) is 10.8 Å². The highest BCUT2D eigenvalue weighted by Crippen LogP contribution is 2.63. The van der Waals surface area contributed by atoms with Gasteiger partial charge < -0.3 is 4.74 Å². The third-order valence-electron chi connectivity index (χ3n) is 14.7. The summed E-state index contributed by atoms with van der Waals surface area (Å²) >= 11 is 0. The molecular formula is C56H43N3O. The minimum atomic E-state index is -0.519. The molecule has 0 saturated heterocycles. The van der Waals surface area contributed by atoms with Gasteiger partial charge in [-0.15, -0.1) is 0 Å². The average molecular weight is 774 g/mol. The lowest BCUT2D eigenvalue weighted by atomic mass is 9.49. The Kier molecular flexibility index (Phi) is 7.37. The van der Waals surface area contributed by atoms with Crippen molar-refractivity contribution in [1.82, 2.24) is 15.0 Å². The zero-order valence-electron chi connectivity index (χ0n) is 33.4. The number of nitrogens with zero attached hydrogens (tertiary/aromatic N) is 3. The largest absolute Gasteiger partial charge is 0.456 e. The molecule has 288 valence electrons. The van der Waals surface area contributed by atoms with Crippen LogP contribution in [0.4, 0.5) is 0 Å². The molecule has 5 aliphatic carbocycles. The minimum absolute atomic E-state index is 0.0117. The van der Waals surface area contributed by atoms with Crippen molar-refractivity contribution in [1.29, 1.82) is 0 Å². The first kappa shape index (κ1) is 34.2. The van der Waals surface area contributed by atoms with Gasteiger partial charge >= 0.3 is 0 Å². The molecule has 4 heteroatoms. The minimum Gasteiger partial charge on any atom is -0.456 e. The molecule has 0 amide bonds. The molecule has 1 aromatic heterocycles. The van der Waals surface area contributed by atoms with Crippen LogP contribution in [0.15, 0.2) is 170 Å². The second-order valence-corrected chi connectivity index (χ2v) is 18.2. The molecule has 7 aromatic carbocycles. The topological polar surface area (TPSA) is 47.9 Å². The molecule has 1 aliphatic heterocycles. The smallest absolute Gasteiger partial charge is 0.163 e. The van der Waals surface area contributed by atoms with Crippen LogP contribution in [0.2, 0.25) is 0 Å². The summed E-state index contributed by atoms with van der Waals surface area (Å²) in [6, 6.07) is 61.2. The first-order chi connectivity index (χ1) is 29.6. The molecule has 4 saturated carbocycles. The summed E-state index contributed by atoms with van der Waals surface area (Å²) in [5, 5.41) is 0. The molecule has 2 heterocycles. The van der Waals surface area contributed by atoms with Crippen LogP contribution >= 0.6 is 0 Å². The van der Waals surface area contributed by atoms with Crippen molar-refractivity contribution >= 4 is 0 Å². The number of hydrogen-bond acceptors (Lipinski definition) is 4. The first-order valence-corrected chi connectivity index (χ1v) is 21.8. The Balaban J connectivity index is 0.982. The summed E-state index contributed by atoms with van der Waals surface area (Å²) in [6.07, 6.45) is 7.69. The zero-order valence-corrected chi connectivity index (χ0v) is 33.4. The number of hydrogen-bond donors (Lipinski definition) is 0. The molecule has 0 atom stereocenters. The summed E-state index contributed by atoms with van der Waals surface area (Å²) in [7, 11) is 0. The van der Waals surface area contributed by atoms with Crippen molar-refractivity contribution in [3.63, 3.8) is 0 Å². The third-order valence-corrected chi connectivity index (χ3v) is 14.7. The fourth-order valence-electron chi connectivity index (χ4n) is 12.7. The summed E-state index contributed by atoms with van der Waals surface area (Å²) in [5.74, 6) is 6.61. The molecule has 6 aliphatic rings.